The number of aromatic amines is 2. The molecule has 0 amide bonds. The van der Waals surface area contributed by atoms with Gasteiger partial charge in [-0.3, -0.25) is 10.1 Å². The molecule has 1 saturated heterocycles. The topological polar surface area (TPSA) is 104 Å². The van der Waals surface area contributed by atoms with Gasteiger partial charge in [0.2, 0.25) is 0 Å². The number of aromatic nitrogens is 6. The Morgan fingerprint density at radius 1 is 0.968 bits per heavy atom. The highest BCUT2D eigenvalue weighted by atomic mass is 16.5. The Labute approximate surface area is 178 Å². The Bertz CT molecular complexity index is 1330. The van der Waals surface area contributed by atoms with Gasteiger partial charge in [0.05, 0.1) is 17.6 Å². The maximum absolute atomic E-state index is 6.16. The molecule has 8 heteroatoms. The Morgan fingerprint density at radius 2 is 1.87 bits per heavy atom. The van der Waals surface area contributed by atoms with Crippen molar-refractivity contribution in [1.29, 1.82) is 0 Å². The fourth-order valence-electron chi connectivity index (χ4n) is 4.10. The molecule has 3 N–H and O–H groups in total. The molecular weight excluding hydrogens is 390 g/mol. The highest BCUT2D eigenvalue weighted by molar-refractivity contribution is 5.95. The fourth-order valence-corrected chi connectivity index (χ4v) is 4.10. The molecule has 0 aromatic carbocycles. The van der Waals surface area contributed by atoms with E-state index in [0.717, 1.165) is 70.6 Å². The molecule has 1 aliphatic heterocycles. The largest absolute Gasteiger partial charge is 0.489 e. The lowest BCUT2D eigenvalue weighted by Crippen LogP contribution is -2.34. The van der Waals surface area contributed by atoms with Gasteiger partial charge < -0.3 is 15.0 Å². The van der Waals surface area contributed by atoms with Crippen LogP contribution in [0.1, 0.15) is 12.8 Å². The summed E-state index contributed by atoms with van der Waals surface area (Å²) in [6.07, 6.45) is 9.47. The van der Waals surface area contributed by atoms with E-state index in [1.807, 2.05) is 30.6 Å². The van der Waals surface area contributed by atoms with Crippen molar-refractivity contribution >= 4 is 22.1 Å². The molecule has 0 aliphatic carbocycles. The van der Waals surface area contributed by atoms with E-state index in [-0.39, 0.29) is 6.10 Å². The minimum atomic E-state index is 0.231. The Hall–Kier alpha value is -3.78. The smallest absolute Gasteiger partial charge is 0.181 e. The van der Waals surface area contributed by atoms with Crippen molar-refractivity contribution in [2.24, 2.45) is 0 Å². The summed E-state index contributed by atoms with van der Waals surface area (Å²) in [5.41, 5.74) is 5.25. The summed E-state index contributed by atoms with van der Waals surface area (Å²) in [4.78, 5) is 16.7. The zero-order chi connectivity index (χ0) is 20.6. The quantitative estimate of drug-likeness (QED) is 0.417. The van der Waals surface area contributed by atoms with E-state index in [9.17, 15) is 0 Å². The molecule has 8 nitrogen and oxygen atoms in total. The summed E-state index contributed by atoms with van der Waals surface area (Å²) in [5.74, 6) is 0.790. The van der Waals surface area contributed by atoms with Gasteiger partial charge in [-0.05, 0) is 56.3 Å². The standard InChI is InChI=1S/C23H21N7O/c1-2-14-10-20(28-22(14)26-5-1)21-19-9-16(12-27-23(19)30-29-21)15-8-18(13-25-11-15)31-17-3-6-24-7-4-17/h1-2,5,8-13,17,24H,3-4,6-7H2,(H,26,28)(H,27,29,30). The summed E-state index contributed by atoms with van der Waals surface area (Å²) in [7, 11) is 0. The Balaban J connectivity index is 1.36. The van der Waals surface area contributed by atoms with Gasteiger partial charge in [0.1, 0.15) is 17.5 Å². The van der Waals surface area contributed by atoms with Crippen molar-refractivity contribution in [3.8, 4) is 28.3 Å². The van der Waals surface area contributed by atoms with E-state index in [4.69, 9.17) is 4.74 Å². The zero-order valence-electron chi connectivity index (χ0n) is 16.8. The number of fused-ring (bicyclic) bond motifs is 2. The van der Waals surface area contributed by atoms with Gasteiger partial charge in [0.15, 0.2) is 5.65 Å². The molecule has 154 valence electrons. The zero-order valence-corrected chi connectivity index (χ0v) is 16.8. The highest BCUT2D eigenvalue weighted by Gasteiger charge is 2.16. The summed E-state index contributed by atoms with van der Waals surface area (Å²) < 4.78 is 6.16. The second-order valence-electron chi connectivity index (χ2n) is 7.79. The van der Waals surface area contributed by atoms with Crippen LogP contribution in [-0.4, -0.2) is 49.3 Å². The molecule has 0 radical (unpaired) electrons. The predicted octanol–water partition coefficient (Wildman–Crippen LogP) is 3.69. The van der Waals surface area contributed by atoms with Crippen LogP contribution >= 0.6 is 0 Å². The minimum absolute atomic E-state index is 0.231. The van der Waals surface area contributed by atoms with Gasteiger partial charge in [-0.1, -0.05) is 0 Å². The molecular formula is C23H21N7O. The van der Waals surface area contributed by atoms with E-state index < -0.39 is 0 Å². The second-order valence-corrected chi connectivity index (χ2v) is 7.79. The minimum Gasteiger partial charge on any atom is -0.489 e. The number of rotatable bonds is 4. The third-order valence-electron chi connectivity index (χ3n) is 5.71. The van der Waals surface area contributed by atoms with E-state index in [2.05, 4.69) is 47.6 Å². The van der Waals surface area contributed by atoms with Gasteiger partial charge in [0, 0.05) is 40.5 Å². The highest BCUT2D eigenvalue weighted by Crippen LogP contribution is 2.31. The van der Waals surface area contributed by atoms with Crippen LogP contribution in [0.25, 0.3) is 44.6 Å². The van der Waals surface area contributed by atoms with Crippen molar-refractivity contribution in [3.05, 3.63) is 55.1 Å². The van der Waals surface area contributed by atoms with Gasteiger partial charge in [0.25, 0.3) is 0 Å². The molecule has 5 aromatic heterocycles. The summed E-state index contributed by atoms with van der Waals surface area (Å²) in [6.45, 7) is 1.98. The Kier molecular flexibility index (Phi) is 4.35. The predicted molar refractivity (Wildman–Crippen MR) is 119 cm³/mol. The number of H-pyrrole nitrogens is 2. The average Bonchev–Trinajstić information content (AvgIpc) is 3.43. The van der Waals surface area contributed by atoms with Crippen LogP contribution in [0.5, 0.6) is 5.75 Å². The van der Waals surface area contributed by atoms with Gasteiger partial charge in [-0.15, -0.1) is 0 Å². The molecule has 31 heavy (non-hydrogen) atoms. The van der Waals surface area contributed by atoms with Gasteiger partial charge in [-0.25, -0.2) is 9.97 Å². The first-order valence-corrected chi connectivity index (χ1v) is 10.4. The van der Waals surface area contributed by atoms with Crippen molar-refractivity contribution in [3.63, 3.8) is 0 Å². The lowest BCUT2D eigenvalue weighted by atomic mass is 10.1. The SMILES string of the molecule is c1cnc2[nH]c(-c3[nH]nc4ncc(-c5cncc(OC6CCNCC6)c5)cc34)cc2c1. The number of nitrogens with one attached hydrogen (secondary N) is 3. The molecule has 0 saturated carbocycles. The van der Waals surface area contributed by atoms with Gasteiger partial charge in [-0.2, -0.15) is 5.10 Å². The number of hydrogen-bond acceptors (Lipinski definition) is 6. The van der Waals surface area contributed by atoms with Crippen molar-refractivity contribution in [2.45, 2.75) is 18.9 Å². The van der Waals surface area contributed by atoms with Crippen LogP contribution < -0.4 is 10.1 Å². The lowest BCUT2D eigenvalue weighted by molar-refractivity contribution is 0.162. The summed E-state index contributed by atoms with van der Waals surface area (Å²) in [5, 5.41) is 12.8. The first-order chi connectivity index (χ1) is 15.3. The van der Waals surface area contributed by atoms with Crippen molar-refractivity contribution in [2.75, 3.05) is 13.1 Å². The van der Waals surface area contributed by atoms with E-state index in [1.54, 1.807) is 12.4 Å². The number of nitrogens with zero attached hydrogens (tertiary/aromatic N) is 4. The molecule has 0 atom stereocenters. The van der Waals surface area contributed by atoms with E-state index >= 15 is 0 Å². The fraction of sp³-hybridized carbons (Fsp3) is 0.217. The maximum atomic E-state index is 6.16. The Morgan fingerprint density at radius 3 is 2.77 bits per heavy atom. The molecule has 0 spiro atoms. The first kappa shape index (κ1) is 18.0. The van der Waals surface area contributed by atoms with Crippen LogP contribution in [0, 0.1) is 0 Å². The molecule has 5 aromatic rings. The number of pyridine rings is 3. The van der Waals surface area contributed by atoms with Crippen molar-refractivity contribution in [1.82, 2.24) is 35.5 Å². The van der Waals surface area contributed by atoms with E-state index in [1.165, 1.54) is 0 Å². The van der Waals surface area contributed by atoms with Crippen LogP contribution in [-0.2, 0) is 0 Å². The van der Waals surface area contributed by atoms with Gasteiger partial charge >= 0.3 is 0 Å². The van der Waals surface area contributed by atoms with Crippen molar-refractivity contribution < 1.29 is 4.74 Å². The third kappa shape index (κ3) is 3.40. The first-order valence-electron chi connectivity index (χ1n) is 10.4. The maximum Gasteiger partial charge on any atom is 0.181 e. The number of ether oxygens (including phenoxy) is 1. The number of piperidine rings is 1. The molecule has 1 fully saturated rings. The number of hydrogen-bond donors (Lipinski definition) is 3. The lowest BCUT2D eigenvalue weighted by Gasteiger charge is -2.23. The second kappa shape index (κ2) is 7.48. The normalized spacial score (nSPS) is 15.0. The summed E-state index contributed by atoms with van der Waals surface area (Å²) in [6, 6.07) is 10.1. The molecule has 0 unspecified atom stereocenters. The summed E-state index contributed by atoms with van der Waals surface area (Å²) >= 11 is 0. The van der Waals surface area contributed by atoms with Crippen LogP contribution in [0.15, 0.2) is 55.1 Å². The average molecular weight is 411 g/mol. The molecule has 0 bridgehead atoms. The van der Waals surface area contributed by atoms with Crippen LogP contribution in [0.4, 0.5) is 0 Å². The molecule has 6 rings (SSSR count). The molecule has 6 heterocycles. The third-order valence-corrected chi connectivity index (χ3v) is 5.71. The van der Waals surface area contributed by atoms with E-state index in [0.29, 0.717) is 5.65 Å². The van der Waals surface area contributed by atoms with Crippen LogP contribution in [0.3, 0.4) is 0 Å². The van der Waals surface area contributed by atoms with Crippen LogP contribution in [0.2, 0.25) is 0 Å². The monoisotopic (exact) mass is 411 g/mol. The molecule has 1 aliphatic rings.